The molecule has 2 N–H and O–H groups in total. The van der Waals surface area contributed by atoms with Crippen molar-refractivity contribution in [1.29, 1.82) is 0 Å². The Hall–Kier alpha value is -1.80. The lowest BCUT2D eigenvalue weighted by Crippen LogP contribution is -2.27. The highest BCUT2D eigenvalue weighted by Gasteiger charge is 2.25. The van der Waals surface area contributed by atoms with Crippen molar-refractivity contribution < 1.29 is 0 Å². The van der Waals surface area contributed by atoms with Crippen LogP contribution in [0.2, 0.25) is 0 Å². The van der Waals surface area contributed by atoms with Gasteiger partial charge in [0.05, 0.1) is 6.04 Å². The largest absolute Gasteiger partial charge is 0.398 e. The molecule has 0 bridgehead atoms. The summed E-state index contributed by atoms with van der Waals surface area (Å²) in [6.45, 7) is 2.32. The molecule has 0 aliphatic carbocycles. The second kappa shape index (κ2) is 5.45. The van der Waals surface area contributed by atoms with Crippen LogP contribution < -0.4 is 5.73 Å². The third-order valence-corrected chi connectivity index (χ3v) is 3.91. The molecular formula is C17H20N2. The van der Waals surface area contributed by atoms with Gasteiger partial charge in [0.15, 0.2) is 0 Å². The number of nitrogens with zero attached hydrogens (tertiary/aromatic N) is 1. The van der Waals surface area contributed by atoms with Gasteiger partial charge in [-0.1, -0.05) is 48.5 Å². The summed E-state index contributed by atoms with van der Waals surface area (Å²) in [6, 6.07) is 19.2. The summed E-state index contributed by atoms with van der Waals surface area (Å²) in [5.41, 5.74) is 9.66. The molecule has 2 aromatic rings. The molecule has 0 amide bonds. The summed E-state index contributed by atoms with van der Waals surface area (Å²) in [5.74, 6) is 0. The SMILES string of the molecule is Nc1ccccc1C(c1ccccc1)N1CCCC1. The van der Waals surface area contributed by atoms with E-state index in [1.54, 1.807) is 0 Å². The highest BCUT2D eigenvalue weighted by Crippen LogP contribution is 2.34. The third kappa shape index (κ3) is 2.49. The Balaban J connectivity index is 2.04. The summed E-state index contributed by atoms with van der Waals surface area (Å²) >= 11 is 0. The van der Waals surface area contributed by atoms with Gasteiger partial charge in [0.25, 0.3) is 0 Å². The lowest BCUT2D eigenvalue weighted by Gasteiger charge is -2.29. The molecule has 19 heavy (non-hydrogen) atoms. The minimum Gasteiger partial charge on any atom is -0.398 e. The molecule has 1 unspecified atom stereocenters. The number of nitrogen functional groups attached to an aromatic ring is 1. The standard InChI is InChI=1S/C17H20N2/c18-16-11-5-4-10-15(16)17(19-12-6-7-13-19)14-8-2-1-3-9-14/h1-5,8-11,17H,6-7,12-13,18H2. The summed E-state index contributed by atoms with van der Waals surface area (Å²) in [5, 5.41) is 0. The van der Waals surface area contributed by atoms with Crippen LogP contribution in [0.1, 0.15) is 30.0 Å². The highest BCUT2D eigenvalue weighted by molar-refractivity contribution is 5.51. The highest BCUT2D eigenvalue weighted by atomic mass is 15.2. The average molecular weight is 252 g/mol. The van der Waals surface area contributed by atoms with Gasteiger partial charge in [-0.15, -0.1) is 0 Å². The fourth-order valence-electron chi connectivity index (χ4n) is 2.98. The van der Waals surface area contributed by atoms with Crippen molar-refractivity contribution in [3.05, 3.63) is 65.7 Å². The first-order valence-corrected chi connectivity index (χ1v) is 6.99. The minimum atomic E-state index is 0.296. The van der Waals surface area contributed by atoms with Crippen LogP contribution in [0.15, 0.2) is 54.6 Å². The van der Waals surface area contributed by atoms with Gasteiger partial charge in [-0.05, 0) is 43.1 Å². The van der Waals surface area contributed by atoms with E-state index < -0.39 is 0 Å². The first-order chi connectivity index (χ1) is 9.36. The van der Waals surface area contributed by atoms with Gasteiger partial charge >= 0.3 is 0 Å². The van der Waals surface area contributed by atoms with Crippen molar-refractivity contribution in [2.24, 2.45) is 0 Å². The second-order valence-corrected chi connectivity index (χ2v) is 5.19. The summed E-state index contributed by atoms with van der Waals surface area (Å²) in [6.07, 6.45) is 2.58. The molecule has 1 atom stereocenters. The zero-order valence-corrected chi connectivity index (χ0v) is 11.1. The van der Waals surface area contributed by atoms with Crippen LogP contribution in [0.5, 0.6) is 0 Å². The number of likely N-dealkylation sites (tertiary alicyclic amines) is 1. The Bertz CT molecular complexity index is 530. The van der Waals surface area contributed by atoms with Crippen LogP contribution >= 0.6 is 0 Å². The minimum absolute atomic E-state index is 0.296. The number of hydrogen-bond acceptors (Lipinski definition) is 2. The number of anilines is 1. The molecule has 0 aromatic heterocycles. The molecule has 2 heteroatoms. The normalized spacial score (nSPS) is 17.5. The zero-order valence-electron chi connectivity index (χ0n) is 11.1. The van der Waals surface area contributed by atoms with Gasteiger partial charge in [-0.25, -0.2) is 0 Å². The molecule has 0 radical (unpaired) electrons. The molecule has 2 aromatic carbocycles. The van der Waals surface area contributed by atoms with Gasteiger partial charge in [0, 0.05) is 5.69 Å². The van der Waals surface area contributed by atoms with Crippen molar-refractivity contribution in [2.45, 2.75) is 18.9 Å². The quantitative estimate of drug-likeness (QED) is 0.848. The van der Waals surface area contributed by atoms with Crippen molar-refractivity contribution in [3.63, 3.8) is 0 Å². The third-order valence-electron chi connectivity index (χ3n) is 3.91. The Morgan fingerprint density at radius 2 is 1.47 bits per heavy atom. The number of hydrogen-bond donors (Lipinski definition) is 1. The van der Waals surface area contributed by atoms with Gasteiger partial charge in [-0.2, -0.15) is 0 Å². The molecule has 0 saturated carbocycles. The molecule has 2 nitrogen and oxygen atoms in total. The van der Waals surface area contributed by atoms with E-state index in [1.165, 1.54) is 24.0 Å². The Morgan fingerprint density at radius 3 is 2.16 bits per heavy atom. The Morgan fingerprint density at radius 1 is 0.842 bits per heavy atom. The van der Waals surface area contributed by atoms with E-state index in [-0.39, 0.29) is 0 Å². The van der Waals surface area contributed by atoms with Gasteiger partial charge in [0.2, 0.25) is 0 Å². The maximum Gasteiger partial charge on any atom is 0.0622 e. The molecule has 1 heterocycles. The van der Waals surface area contributed by atoms with E-state index >= 15 is 0 Å². The van der Waals surface area contributed by atoms with Gasteiger partial charge in [0.1, 0.15) is 0 Å². The van der Waals surface area contributed by atoms with Crippen LogP contribution in [0.25, 0.3) is 0 Å². The molecule has 1 aliphatic heterocycles. The second-order valence-electron chi connectivity index (χ2n) is 5.19. The van der Waals surface area contributed by atoms with Crippen LogP contribution in [0, 0.1) is 0 Å². The molecule has 0 spiro atoms. The lowest BCUT2D eigenvalue weighted by molar-refractivity contribution is 0.282. The van der Waals surface area contributed by atoms with Gasteiger partial charge in [-0.3, -0.25) is 4.90 Å². The summed E-state index contributed by atoms with van der Waals surface area (Å²) < 4.78 is 0. The summed E-state index contributed by atoms with van der Waals surface area (Å²) in [7, 11) is 0. The molecule has 1 aliphatic rings. The van der Waals surface area contributed by atoms with Crippen molar-refractivity contribution in [2.75, 3.05) is 18.8 Å². The molecular weight excluding hydrogens is 232 g/mol. The van der Waals surface area contributed by atoms with Crippen LogP contribution in [-0.2, 0) is 0 Å². The molecule has 1 saturated heterocycles. The number of nitrogens with two attached hydrogens (primary N) is 1. The maximum atomic E-state index is 6.20. The predicted octanol–water partition coefficient (Wildman–Crippen LogP) is 3.45. The summed E-state index contributed by atoms with van der Waals surface area (Å²) in [4.78, 5) is 2.54. The molecule has 3 rings (SSSR count). The van der Waals surface area contributed by atoms with Crippen molar-refractivity contribution in [3.8, 4) is 0 Å². The van der Waals surface area contributed by atoms with E-state index in [4.69, 9.17) is 5.73 Å². The predicted molar refractivity (Wildman–Crippen MR) is 79.9 cm³/mol. The first-order valence-electron chi connectivity index (χ1n) is 6.99. The van der Waals surface area contributed by atoms with Gasteiger partial charge < -0.3 is 5.73 Å². The fraction of sp³-hybridized carbons (Fsp3) is 0.294. The maximum absolute atomic E-state index is 6.20. The van der Waals surface area contributed by atoms with Crippen molar-refractivity contribution >= 4 is 5.69 Å². The number of benzene rings is 2. The average Bonchev–Trinajstić information content (AvgIpc) is 2.96. The molecule has 1 fully saturated rings. The van der Waals surface area contributed by atoms with Crippen LogP contribution in [0.3, 0.4) is 0 Å². The van der Waals surface area contributed by atoms with Crippen LogP contribution in [-0.4, -0.2) is 18.0 Å². The van der Waals surface area contributed by atoms with E-state index in [2.05, 4.69) is 47.4 Å². The van der Waals surface area contributed by atoms with Crippen molar-refractivity contribution in [1.82, 2.24) is 4.90 Å². The smallest absolute Gasteiger partial charge is 0.0622 e. The Kier molecular flexibility index (Phi) is 3.51. The zero-order chi connectivity index (χ0) is 13.1. The number of rotatable bonds is 3. The first kappa shape index (κ1) is 12.2. The number of para-hydroxylation sites is 1. The van der Waals surface area contributed by atoms with E-state index in [0.717, 1.165) is 18.8 Å². The van der Waals surface area contributed by atoms with E-state index in [0.29, 0.717) is 6.04 Å². The Labute approximate surface area is 114 Å². The topological polar surface area (TPSA) is 29.3 Å². The van der Waals surface area contributed by atoms with Crippen LogP contribution in [0.4, 0.5) is 5.69 Å². The molecule has 98 valence electrons. The lowest BCUT2D eigenvalue weighted by atomic mass is 9.96. The van der Waals surface area contributed by atoms with E-state index in [1.807, 2.05) is 12.1 Å². The monoisotopic (exact) mass is 252 g/mol. The fourth-order valence-corrected chi connectivity index (χ4v) is 2.98. The van der Waals surface area contributed by atoms with E-state index in [9.17, 15) is 0 Å².